The molecule has 0 aromatic rings. The summed E-state index contributed by atoms with van der Waals surface area (Å²) in [5.41, 5.74) is 0. The summed E-state index contributed by atoms with van der Waals surface area (Å²) in [6.07, 6.45) is 0. The molecule has 0 aliphatic carbocycles. The Kier molecular flexibility index (Phi) is 13.4. The van der Waals surface area contributed by atoms with Crippen LogP contribution in [0.3, 0.4) is 0 Å². The molecule has 0 amide bonds. The van der Waals surface area contributed by atoms with Crippen LogP contribution in [0.15, 0.2) is 0 Å². The van der Waals surface area contributed by atoms with E-state index in [1.54, 1.807) is 0 Å². The summed E-state index contributed by atoms with van der Waals surface area (Å²) in [6.45, 7) is 0. The van der Waals surface area contributed by atoms with Gasteiger partial charge in [-0.2, -0.15) is 0 Å². The molecule has 0 N–H and O–H groups in total. The quantitative estimate of drug-likeness (QED) is 0.466. The van der Waals surface area contributed by atoms with E-state index in [0.717, 1.165) is 0 Å². The fourth-order valence-corrected chi connectivity index (χ4v) is 0. The molecule has 0 fully saturated rings. The fourth-order valence-electron chi connectivity index (χ4n) is 0. The summed E-state index contributed by atoms with van der Waals surface area (Å²) in [4.78, 5) is 0. The molecule has 0 radical (unpaired) electrons. The van der Waals surface area contributed by atoms with E-state index in [4.69, 9.17) is 38.8 Å². The van der Waals surface area contributed by atoms with E-state index in [1.165, 1.54) is 0 Å². The van der Waals surface area contributed by atoms with Gasteiger partial charge in [-0.1, -0.05) is 0 Å². The molecule has 7 heavy (non-hydrogen) atoms. The van der Waals surface area contributed by atoms with Crippen LogP contribution in [-0.4, -0.2) is 0 Å². The summed E-state index contributed by atoms with van der Waals surface area (Å²) in [5, 5.41) is 0. The van der Waals surface area contributed by atoms with Crippen molar-refractivity contribution in [3.05, 3.63) is 14.9 Å². The molecule has 0 rings (SSSR count). The van der Waals surface area contributed by atoms with Gasteiger partial charge in [-0.25, -0.2) is 0 Å². The Hall–Kier alpha value is 1.78. The zero-order valence-corrected chi connectivity index (χ0v) is 8.63. The Morgan fingerprint density at radius 2 is 0.714 bits per heavy atom. The first-order valence-corrected chi connectivity index (χ1v) is 9.49. The van der Waals surface area contributed by atoms with Crippen molar-refractivity contribution in [1.29, 1.82) is 0 Å². The van der Waals surface area contributed by atoms with E-state index in [-0.39, 0.29) is 14.9 Å². The van der Waals surface area contributed by atoms with Crippen LogP contribution in [0.2, 0.25) is 0 Å². The minimum atomic E-state index is -2.97. The maximum atomic E-state index is 5.00. The summed E-state index contributed by atoms with van der Waals surface area (Å²) >= 11 is 0. The molecule has 0 aliphatic heterocycles. The third-order valence-electron chi connectivity index (χ3n) is 0. The van der Waals surface area contributed by atoms with Gasteiger partial charge in [0.25, 0.3) is 0 Å². The minimum absolute atomic E-state index is 0. The first kappa shape index (κ1) is 15.9. The van der Waals surface area contributed by atoms with Crippen LogP contribution in [0, 0.1) is 14.9 Å². The van der Waals surface area contributed by atoms with Crippen LogP contribution in [0.5, 0.6) is 0 Å². The molecule has 0 spiro atoms. The van der Waals surface area contributed by atoms with Crippen molar-refractivity contribution in [3.63, 3.8) is 0 Å². The number of rotatable bonds is 0. The van der Waals surface area contributed by atoms with Gasteiger partial charge in [-0.15, -0.1) is 0 Å². The molecule has 0 atom stereocenters. The number of halogens is 4. The van der Waals surface area contributed by atoms with Crippen molar-refractivity contribution >= 4 is 38.8 Å². The predicted octanol–water partition coefficient (Wildman–Crippen LogP) is 3.66. The SMILES string of the molecule is [CH3-].[CH3-].[Cl][Ru]([Cl])([Cl])[Cl]. The van der Waals surface area contributed by atoms with Gasteiger partial charge in [-0.3, -0.25) is 0 Å². The van der Waals surface area contributed by atoms with Crippen molar-refractivity contribution in [2.45, 2.75) is 0 Å². The van der Waals surface area contributed by atoms with Gasteiger partial charge in [0.05, 0.1) is 0 Å². The second-order valence-corrected chi connectivity index (χ2v) is 16.1. The summed E-state index contributed by atoms with van der Waals surface area (Å²) in [5.74, 6) is 0. The zero-order valence-electron chi connectivity index (χ0n) is 3.87. The molecular weight excluding hydrogens is 267 g/mol. The van der Waals surface area contributed by atoms with Gasteiger partial charge in [-0.05, 0) is 0 Å². The Labute approximate surface area is 64.1 Å². The first-order valence-electron chi connectivity index (χ1n) is 0.535. The second-order valence-electron chi connectivity index (χ2n) is 0.303. The molecule has 0 unspecified atom stereocenters. The molecule has 0 saturated carbocycles. The summed E-state index contributed by atoms with van der Waals surface area (Å²) in [6, 6.07) is 0. The molecule has 0 nitrogen and oxygen atoms in total. The summed E-state index contributed by atoms with van der Waals surface area (Å²) < 4.78 is 0. The van der Waals surface area contributed by atoms with E-state index in [9.17, 15) is 0 Å². The number of hydrogen-bond donors (Lipinski definition) is 0. The molecular formula is C2H6Cl4Ru-2. The monoisotopic (exact) mass is 272 g/mol. The van der Waals surface area contributed by atoms with E-state index < -0.39 is 10.8 Å². The Bertz CT molecular complexity index is 25.2. The average molecular weight is 273 g/mol. The van der Waals surface area contributed by atoms with Crippen LogP contribution in [0.1, 0.15) is 0 Å². The molecule has 5 heteroatoms. The molecule has 0 saturated heterocycles. The third-order valence-corrected chi connectivity index (χ3v) is 0. The van der Waals surface area contributed by atoms with Crippen LogP contribution in [0.25, 0.3) is 0 Å². The third kappa shape index (κ3) is 81.9. The summed E-state index contributed by atoms with van der Waals surface area (Å²) in [7, 11) is 17.0. The zero-order chi connectivity index (χ0) is 4.50. The van der Waals surface area contributed by atoms with Gasteiger partial charge in [0.15, 0.2) is 0 Å². The topological polar surface area (TPSA) is 0 Å². The molecule has 0 aromatic heterocycles. The second kappa shape index (κ2) is 5.91. The van der Waals surface area contributed by atoms with Crippen molar-refractivity contribution in [3.8, 4) is 0 Å². The Morgan fingerprint density at radius 3 is 0.714 bits per heavy atom. The normalized spacial score (nSPS) is 10.9. The van der Waals surface area contributed by atoms with Gasteiger partial charge in [0.1, 0.15) is 0 Å². The molecule has 52 valence electrons. The van der Waals surface area contributed by atoms with Gasteiger partial charge in [0, 0.05) is 0 Å². The van der Waals surface area contributed by atoms with E-state index in [1.807, 2.05) is 0 Å². The Morgan fingerprint density at radius 1 is 0.714 bits per heavy atom. The van der Waals surface area contributed by atoms with Crippen LogP contribution >= 0.6 is 38.8 Å². The standard InChI is InChI=1S/2CH3.4ClH.Ru/h2*1H3;4*1H;/q2*-1;;;;;+4/p-4. The van der Waals surface area contributed by atoms with Crippen molar-refractivity contribution < 1.29 is 10.8 Å². The van der Waals surface area contributed by atoms with Crippen LogP contribution < -0.4 is 0 Å². The fraction of sp³-hybridized carbons (Fsp3) is 0. The van der Waals surface area contributed by atoms with Gasteiger partial charge >= 0.3 is 49.6 Å². The first-order chi connectivity index (χ1) is 2.00. The average Bonchev–Trinajstić information content (AvgIpc) is 0.722. The molecule has 0 aliphatic rings. The molecule has 0 bridgehead atoms. The van der Waals surface area contributed by atoms with Gasteiger partial charge < -0.3 is 14.9 Å². The van der Waals surface area contributed by atoms with Crippen LogP contribution in [-0.2, 0) is 10.8 Å². The van der Waals surface area contributed by atoms with Crippen molar-refractivity contribution in [2.24, 2.45) is 0 Å². The predicted molar refractivity (Wildman–Crippen MR) is 36.2 cm³/mol. The Balaban J connectivity index is -0.0000000800. The number of hydrogen-bond acceptors (Lipinski definition) is 0. The van der Waals surface area contributed by atoms with E-state index in [0.29, 0.717) is 0 Å². The van der Waals surface area contributed by atoms with Crippen LogP contribution in [0.4, 0.5) is 0 Å². The molecule has 0 aromatic carbocycles. The van der Waals surface area contributed by atoms with E-state index >= 15 is 0 Å². The maximum absolute atomic E-state index is 5.00. The van der Waals surface area contributed by atoms with Crippen molar-refractivity contribution in [1.82, 2.24) is 0 Å². The van der Waals surface area contributed by atoms with Crippen molar-refractivity contribution in [2.75, 3.05) is 0 Å². The molecule has 0 heterocycles. The van der Waals surface area contributed by atoms with Gasteiger partial charge in [0.2, 0.25) is 0 Å². The van der Waals surface area contributed by atoms with E-state index in [2.05, 4.69) is 0 Å².